The maximum Gasteiger partial charge on any atom is 0.420 e. The number of pyridine rings is 1. The van der Waals surface area contributed by atoms with Crippen molar-refractivity contribution in [2.75, 3.05) is 5.32 Å². The van der Waals surface area contributed by atoms with Crippen LogP contribution in [-0.2, 0) is 11.3 Å². The highest BCUT2D eigenvalue weighted by Gasteiger charge is 2.13. The summed E-state index contributed by atoms with van der Waals surface area (Å²) >= 11 is 9.10. The monoisotopic (exact) mass is 381 g/mol. The van der Waals surface area contributed by atoms with Crippen molar-refractivity contribution >= 4 is 50.4 Å². The Labute approximate surface area is 137 Å². The molecule has 1 aromatic carbocycles. The Morgan fingerprint density at radius 1 is 1.36 bits per heavy atom. The number of nitrogens with zero attached hydrogens (tertiary/aromatic N) is 2. The van der Waals surface area contributed by atoms with Crippen molar-refractivity contribution in [3.63, 3.8) is 0 Å². The van der Waals surface area contributed by atoms with E-state index in [1.54, 1.807) is 30.5 Å². The maximum absolute atomic E-state index is 12.0. The number of aromatic nitrogens is 2. The van der Waals surface area contributed by atoms with Gasteiger partial charge in [-0.05, 0) is 40.2 Å². The minimum atomic E-state index is -0.615. The first-order valence-corrected chi connectivity index (χ1v) is 7.40. The van der Waals surface area contributed by atoms with E-state index < -0.39 is 5.76 Å². The Kier molecular flexibility index (Phi) is 4.00. The third kappa shape index (κ3) is 3.05. The zero-order valence-corrected chi connectivity index (χ0v) is 13.4. The summed E-state index contributed by atoms with van der Waals surface area (Å²) in [5, 5.41) is 3.07. The molecule has 3 aromatic rings. The highest BCUT2D eigenvalue weighted by molar-refractivity contribution is 9.10. The summed E-state index contributed by atoms with van der Waals surface area (Å²) in [6, 6.07) is 8.20. The number of nitrogens with one attached hydrogen (secondary N) is 1. The van der Waals surface area contributed by atoms with Crippen molar-refractivity contribution in [2.24, 2.45) is 0 Å². The van der Waals surface area contributed by atoms with Crippen molar-refractivity contribution in [1.82, 2.24) is 9.55 Å². The number of amides is 1. The molecular weight excluding hydrogens is 374 g/mol. The summed E-state index contributed by atoms with van der Waals surface area (Å²) in [5.74, 6) is -0.595. The molecular formula is C14H9BrClN3O3. The molecule has 2 heterocycles. The van der Waals surface area contributed by atoms with Gasteiger partial charge in [0.1, 0.15) is 12.4 Å². The Bertz CT molecular complexity index is 902. The first-order valence-electron chi connectivity index (χ1n) is 6.23. The SMILES string of the molecule is O=C(Cn1c(=O)oc2cc(Cl)ccc21)Nc1ccc(Br)cn1. The highest BCUT2D eigenvalue weighted by atomic mass is 79.9. The van der Waals surface area contributed by atoms with Gasteiger partial charge in [-0.15, -0.1) is 0 Å². The molecule has 3 rings (SSSR count). The molecule has 0 aliphatic rings. The number of carbonyl (C=O) groups is 1. The van der Waals surface area contributed by atoms with Crippen LogP contribution in [0.2, 0.25) is 5.02 Å². The molecule has 112 valence electrons. The number of carbonyl (C=O) groups excluding carboxylic acids is 1. The molecule has 0 saturated heterocycles. The second kappa shape index (κ2) is 5.94. The predicted octanol–water partition coefficient (Wildman–Crippen LogP) is 3.04. The molecule has 6 nitrogen and oxygen atoms in total. The van der Waals surface area contributed by atoms with E-state index in [-0.39, 0.29) is 12.5 Å². The smallest absolute Gasteiger partial charge is 0.408 e. The van der Waals surface area contributed by atoms with Crippen molar-refractivity contribution in [2.45, 2.75) is 6.54 Å². The molecule has 0 radical (unpaired) electrons. The van der Waals surface area contributed by atoms with Gasteiger partial charge in [-0.2, -0.15) is 0 Å². The zero-order chi connectivity index (χ0) is 15.7. The number of hydrogen-bond acceptors (Lipinski definition) is 4. The van der Waals surface area contributed by atoms with E-state index in [4.69, 9.17) is 16.0 Å². The number of oxazole rings is 1. The van der Waals surface area contributed by atoms with Crippen LogP contribution in [0.1, 0.15) is 0 Å². The molecule has 0 fully saturated rings. The van der Waals surface area contributed by atoms with Crippen LogP contribution in [0.5, 0.6) is 0 Å². The lowest BCUT2D eigenvalue weighted by Crippen LogP contribution is -2.25. The van der Waals surface area contributed by atoms with E-state index in [9.17, 15) is 9.59 Å². The van der Waals surface area contributed by atoms with Crippen LogP contribution in [0.3, 0.4) is 0 Å². The fourth-order valence-corrected chi connectivity index (χ4v) is 2.36. The number of fused-ring (bicyclic) bond motifs is 1. The molecule has 1 amide bonds. The zero-order valence-electron chi connectivity index (χ0n) is 11.0. The Hall–Kier alpha value is -2.12. The normalized spacial score (nSPS) is 10.8. The van der Waals surface area contributed by atoms with Gasteiger partial charge in [0.15, 0.2) is 5.58 Å². The van der Waals surface area contributed by atoms with Crippen LogP contribution in [0.25, 0.3) is 11.1 Å². The minimum absolute atomic E-state index is 0.175. The molecule has 0 aliphatic carbocycles. The maximum atomic E-state index is 12.0. The second-order valence-electron chi connectivity index (χ2n) is 4.48. The van der Waals surface area contributed by atoms with Crippen LogP contribution in [0.15, 0.2) is 50.2 Å². The highest BCUT2D eigenvalue weighted by Crippen LogP contribution is 2.18. The minimum Gasteiger partial charge on any atom is -0.408 e. The molecule has 0 spiro atoms. The van der Waals surface area contributed by atoms with E-state index in [0.717, 1.165) is 4.47 Å². The van der Waals surface area contributed by atoms with Gasteiger partial charge in [-0.1, -0.05) is 11.6 Å². The number of benzene rings is 1. The topological polar surface area (TPSA) is 77.1 Å². The summed E-state index contributed by atoms with van der Waals surface area (Å²) in [5.41, 5.74) is 0.848. The first kappa shape index (κ1) is 14.8. The number of rotatable bonds is 3. The third-order valence-corrected chi connectivity index (χ3v) is 3.63. The molecule has 0 bridgehead atoms. The third-order valence-electron chi connectivity index (χ3n) is 2.93. The van der Waals surface area contributed by atoms with Gasteiger partial charge in [0.2, 0.25) is 5.91 Å². The summed E-state index contributed by atoms with van der Waals surface area (Å²) in [7, 11) is 0. The lowest BCUT2D eigenvalue weighted by Gasteiger charge is -2.05. The standard InChI is InChI=1S/C14H9BrClN3O3/c15-8-1-4-12(17-6-8)18-13(20)7-19-10-3-2-9(16)5-11(10)22-14(19)21/h1-6H,7H2,(H,17,18,20). The molecule has 1 N–H and O–H groups in total. The first-order chi connectivity index (χ1) is 10.5. The van der Waals surface area contributed by atoms with Gasteiger partial charge in [-0.25, -0.2) is 9.78 Å². The van der Waals surface area contributed by atoms with E-state index in [1.807, 2.05) is 0 Å². The summed E-state index contributed by atoms with van der Waals surface area (Å²) < 4.78 is 7.11. The number of halogens is 2. The Balaban J connectivity index is 1.83. The molecule has 8 heteroatoms. The van der Waals surface area contributed by atoms with Crippen molar-refractivity contribution in [3.05, 3.63) is 56.6 Å². The molecule has 0 unspecified atom stereocenters. The second-order valence-corrected chi connectivity index (χ2v) is 5.83. The molecule has 0 atom stereocenters. The van der Waals surface area contributed by atoms with Crippen molar-refractivity contribution in [3.8, 4) is 0 Å². The summed E-state index contributed by atoms with van der Waals surface area (Å²) in [4.78, 5) is 27.9. The van der Waals surface area contributed by atoms with Gasteiger partial charge >= 0.3 is 5.76 Å². The Morgan fingerprint density at radius 3 is 2.91 bits per heavy atom. The quantitative estimate of drug-likeness (QED) is 0.755. The average molecular weight is 383 g/mol. The summed E-state index contributed by atoms with van der Waals surface area (Å²) in [6.07, 6.45) is 1.57. The molecule has 2 aromatic heterocycles. The number of anilines is 1. The number of hydrogen-bond donors (Lipinski definition) is 1. The predicted molar refractivity (Wildman–Crippen MR) is 86.1 cm³/mol. The van der Waals surface area contributed by atoms with E-state index in [2.05, 4.69) is 26.2 Å². The van der Waals surface area contributed by atoms with Gasteiger partial charge in [0.05, 0.1) is 5.52 Å². The van der Waals surface area contributed by atoms with Crippen LogP contribution in [0, 0.1) is 0 Å². The van der Waals surface area contributed by atoms with Crippen molar-refractivity contribution < 1.29 is 9.21 Å². The molecule has 22 heavy (non-hydrogen) atoms. The summed E-state index contributed by atoms with van der Waals surface area (Å²) in [6.45, 7) is -0.175. The Morgan fingerprint density at radius 2 is 2.18 bits per heavy atom. The lowest BCUT2D eigenvalue weighted by atomic mass is 10.3. The van der Waals surface area contributed by atoms with Crippen LogP contribution < -0.4 is 11.1 Å². The van der Waals surface area contributed by atoms with E-state index in [0.29, 0.717) is 21.9 Å². The van der Waals surface area contributed by atoms with Gasteiger partial charge in [0.25, 0.3) is 0 Å². The van der Waals surface area contributed by atoms with E-state index in [1.165, 1.54) is 10.6 Å². The fourth-order valence-electron chi connectivity index (χ4n) is 1.97. The lowest BCUT2D eigenvalue weighted by molar-refractivity contribution is -0.116. The van der Waals surface area contributed by atoms with Gasteiger partial charge in [0, 0.05) is 21.8 Å². The van der Waals surface area contributed by atoms with E-state index >= 15 is 0 Å². The molecule has 0 saturated carbocycles. The molecule has 0 aliphatic heterocycles. The van der Waals surface area contributed by atoms with Crippen molar-refractivity contribution in [1.29, 1.82) is 0 Å². The largest absolute Gasteiger partial charge is 0.420 e. The van der Waals surface area contributed by atoms with Gasteiger partial charge < -0.3 is 9.73 Å². The fraction of sp³-hybridized carbons (Fsp3) is 0.0714. The van der Waals surface area contributed by atoms with Gasteiger partial charge in [-0.3, -0.25) is 9.36 Å². The van der Waals surface area contributed by atoms with Crippen LogP contribution in [0.4, 0.5) is 5.82 Å². The average Bonchev–Trinajstić information content (AvgIpc) is 2.77. The van der Waals surface area contributed by atoms with Crippen LogP contribution in [-0.4, -0.2) is 15.5 Å². The van der Waals surface area contributed by atoms with Crippen LogP contribution >= 0.6 is 27.5 Å².